The van der Waals surface area contributed by atoms with Crippen LogP contribution < -0.4 is 0 Å². The highest BCUT2D eigenvalue weighted by Crippen LogP contribution is 2.29. The second-order valence-corrected chi connectivity index (χ2v) is 10.5. The lowest BCUT2D eigenvalue weighted by Crippen LogP contribution is -2.29. The molecule has 0 fully saturated rings. The van der Waals surface area contributed by atoms with E-state index in [0.29, 0.717) is 13.1 Å². The number of benzene rings is 3. The molecule has 4 bridgehead atoms. The molecule has 0 N–H and O–H groups in total. The smallest absolute Gasteiger partial charge is 0.127 e. The maximum atomic E-state index is 15.1. The molecule has 5 nitrogen and oxygen atoms in total. The molecule has 0 atom stereocenters. The summed E-state index contributed by atoms with van der Waals surface area (Å²) in [6.45, 7) is 4.46. The highest BCUT2D eigenvalue weighted by atomic mass is 19.1. The molecule has 0 unspecified atom stereocenters. The minimum atomic E-state index is -0.149. The van der Waals surface area contributed by atoms with E-state index < -0.39 is 0 Å². The van der Waals surface area contributed by atoms with E-state index in [1.807, 2.05) is 36.1 Å². The van der Waals surface area contributed by atoms with Gasteiger partial charge >= 0.3 is 0 Å². The molecule has 0 aliphatic carbocycles. The van der Waals surface area contributed by atoms with Crippen LogP contribution in [0.4, 0.5) is 4.39 Å². The van der Waals surface area contributed by atoms with Crippen molar-refractivity contribution in [2.45, 2.75) is 32.6 Å². The van der Waals surface area contributed by atoms with Crippen LogP contribution in [0.15, 0.2) is 85.2 Å². The van der Waals surface area contributed by atoms with Gasteiger partial charge in [0.1, 0.15) is 11.6 Å². The predicted molar refractivity (Wildman–Crippen MR) is 151 cm³/mol. The van der Waals surface area contributed by atoms with E-state index in [1.54, 1.807) is 6.07 Å². The van der Waals surface area contributed by atoms with Crippen LogP contribution in [0.5, 0.6) is 0 Å². The van der Waals surface area contributed by atoms with Gasteiger partial charge in [0, 0.05) is 74.3 Å². The van der Waals surface area contributed by atoms with Crippen molar-refractivity contribution in [2.75, 3.05) is 20.1 Å². The molecular weight excluding hydrogens is 473 g/mol. The molecular formula is C32H34FN5. The van der Waals surface area contributed by atoms with Crippen molar-refractivity contribution < 1.29 is 4.39 Å². The van der Waals surface area contributed by atoms with Crippen LogP contribution in [0, 0.1) is 5.82 Å². The number of para-hydroxylation sites is 1. The Balaban J connectivity index is 1.44. The summed E-state index contributed by atoms with van der Waals surface area (Å²) >= 11 is 0. The highest BCUT2D eigenvalue weighted by molar-refractivity contribution is 5.87. The third-order valence-corrected chi connectivity index (χ3v) is 7.70. The van der Waals surface area contributed by atoms with E-state index >= 15 is 4.39 Å². The monoisotopic (exact) mass is 507 g/mol. The zero-order valence-electron chi connectivity index (χ0n) is 22.1. The first kappa shape index (κ1) is 24.6. The van der Waals surface area contributed by atoms with Gasteiger partial charge in [-0.2, -0.15) is 0 Å². The zero-order chi connectivity index (χ0) is 26.1. The van der Waals surface area contributed by atoms with Crippen LogP contribution in [0.1, 0.15) is 22.5 Å². The Morgan fingerprint density at radius 3 is 2.61 bits per heavy atom. The van der Waals surface area contributed by atoms with Crippen molar-refractivity contribution in [3.05, 3.63) is 114 Å². The van der Waals surface area contributed by atoms with E-state index in [2.05, 4.69) is 81.0 Å². The summed E-state index contributed by atoms with van der Waals surface area (Å²) in [7, 11) is 4.15. The third-order valence-electron chi connectivity index (χ3n) is 7.70. The zero-order valence-corrected chi connectivity index (χ0v) is 22.1. The first-order chi connectivity index (χ1) is 18.5. The number of nitrogens with zero attached hydrogens (tertiary/aromatic N) is 5. The van der Waals surface area contributed by atoms with E-state index in [0.717, 1.165) is 49.6 Å². The summed E-state index contributed by atoms with van der Waals surface area (Å²) in [6, 6.07) is 25.4. The van der Waals surface area contributed by atoms with E-state index in [4.69, 9.17) is 0 Å². The Bertz CT molecular complexity index is 1570. The second-order valence-electron chi connectivity index (χ2n) is 10.5. The molecule has 0 amide bonds. The van der Waals surface area contributed by atoms with Crippen molar-refractivity contribution in [3.63, 3.8) is 0 Å². The normalized spacial score (nSPS) is 15.6. The Labute approximate surface area is 223 Å². The summed E-state index contributed by atoms with van der Waals surface area (Å²) in [4.78, 5) is 9.20. The van der Waals surface area contributed by atoms with Gasteiger partial charge in [-0.05, 0) is 54.4 Å². The fourth-order valence-electron chi connectivity index (χ4n) is 5.58. The van der Waals surface area contributed by atoms with Crippen molar-refractivity contribution >= 4 is 10.9 Å². The third kappa shape index (κ3) is 5.15. The van der Waals surface area contributed by atoms with Crippen LogP contribution in [0.25, 0.3) is 22.2 Å². The molecule has 38 heavy (non-hydrogen) atoms. The Morgan fingerprint density at radius 2 is 1.74 bits per heavy atom. The standard InChI is InChI=1S/C32H34FN5/c1-35-14-12-24-6-5-8-26(18-24)31-20-27-7-3-4-9-30(27)38(31)17-16-37(23-32-34-13-15-36(32)2)22-28-19-25(21-35)10-11-29(28)33/h3-11,13,15,18-20H,12,14,16-17,21-23H2,1-2H3. The molecule has 194 valence electrons. The van der Waals surface area contributed by atoms with Gasteiger partial charge in [-0.15, -0.1) is 0 Å². The molecule has 3 aromatic carbocycles. The van der Waals surface area contributed by atoms with Gasteiger partial charge in [0.25, 0.3) is 0 Å². The summed E-state index contributed by atoms with van der Waals surface area (Å²) in [5.41, 5.74) is 6.88. The molecule has 6 rings (SSSR count). The molecule has 3 heterocycles. The Kier molecular flexibility index (Phi) is 6.83. The van der Waals surface area contributed by atoms with Gasteiger partial charge in [0.05, 0.1) is 6.54 Å². The quantitative estimate of drug-likeness (QED) is 0.299. The Hall–Kier alpha value is -3.74. The van der Waals surface area contributed by atoms with Crippen molar-refractivity contribution in [3.8, 4) is 11.3 Å². The maximum Gasteiger partial charge on any atom is 0.127 e. The van der Waals surface area contributed by atoms with Gasteiger partial charge in [-0.1, -0.05) is 48.5 Å². The fourth-order valence-corrected chi connectivity index (χ4v) is 5.58. The molecule has 0 radical (unpaired) electrons. The first-order valence-electron chi connectivity index (χ1n) is 13.4. The van der Waals surface area contributed by atoms with Crippen LogP contribution in [-0.2, 0) is 39.6 Å². The molecule has 0 spiro atoms. The van der Waals surface area contributed by atoms with Crippen LogP contribution >= 0.6 is 0 Å². The minimum Gasteiger partial charge on any atom is -0.339 e. The first-order valence-corrected chi connectivity index (χ1v) is 13.4. The molecule has 6 heteroatoms. The number of likely N-dealkylation sites (N-methyl/N-ethyl adjacent to an activating group) is 1. The lowest BCUT2D eigenvalue weighted by atomic mass is 10.0. The average Bonchev–Trinajstić information content (AvgIpc) is 3.50. The van der Waals surface area contributed by atoms with Crippen LogP contribution in [0.2, 0.25) is 0 Å². The highest BCUT2D eigenvalue weighted by Gasteiger charge is 2.17. The van der Waals surface area contributed by atoms with Crippen molar-refractivity contribution in [1.29, 1.82) is 0 Å². The maximum absolute atomic E-state index is 15.1. The van der Waals surface area contributed by atoms with Crippen molar-refractivity contribution in [1.82, 2.24) is 23.9 Å². The fraction of sp³-hybridized carbons (Fsp3) is 0.281. The molecule has 5 aromatic rings. The van der Waals surface area contributed by atoms with Gasteiger partial charge in [-0.3, -0.25) is 4.90 Å². The number of hydrogen-bond acceptors (Lipinski definition) is 3. The second kappa shape index (κ2) is 10.6. The van der Waals surface area contributed by atoms with Gasteiger partial charge in [0.15, 0.2) is 0 Å². The molecule has 0 saturated heterocycles. The largest absolute Gasteiger partial charge is 0.339 e. The molecule has 0 saturated carbocycles. The van der Waals surface area contributed by atoms with Crippen LogP contribution in [-0.4, -0.2) is 44.1 Å². The van der Waals surface area contributed by atoms with Gasteiger partial charge < -0.3 is 14.0 Å². The van der Waals surface area contributed by atoms with Crippen molar-refractivity contribution in [2.24, 2.45) is 7.05 Å². The number of fused-ring (bicyclic) bond motifs is 8. The molecule has 1 aliphatic rings. The number of aromatic nitrogens is 3. The molecule has 2 aromatic heterocycles. The number of imidazole rings is 1. The molecule has 1 aliphatic heterocycles. The van der Waals surface area contributed by atoms with Gasteiger partial charge in [-0.25, -0.2) is 9.37 Å². The SMILES string of the molecule is CN1CCc2cccc(c2)-c2cc3ccccc3n2CCN(Cc2nccn2C)Cc2cc(ccc2F)C1. The number of halogens is 1. The topological polar surface area (TPSA) is 29.2 Å². The van der Waals surface area contributed by atoms with Crippen LogP contribution in [0.3, 0.4) is 0 Å². The average molecular weight is 508 g/mol. The lowest BCUT2D eigenvalue weighted by molar-refractivity contribution is 0.236. The Morgan fingerprint density at radius 1 is 0.842 bits per heavy atom. The number of hydrogen-bond donors (Lipinski definition) is 0. The number of aryl methyl sites for hydroxylation is 1. The summed E-state index contributed by atoms with van der Waals surface area (Å²) in [5.74, 6) is 0.824. The van der Waals surface area contributed by atoms with Gasteiger partial charge in [0.2, 0.25) is 0 Å². The summed E-state index contributed by atoms with van der Waals surface area (Å²) in [6.07, 6.45) is 4.76. The summed E-state index contributed by atoms with van der Waals surface area (Å²) < 4.78 is 19.6. The van der Waals surface area contributed by atoms with E-state index in [9.17, 15) is 0 Å². The van der Waals surface area contributed by atoms with E-state index in [1.165, 1.54) is 27.7 Å². The lowest BCUT2D eigenvalue weighted by Gasteiger charge is -2.25. The number of rotatable bonds is 2. The predicted octanol–water partition coefficient (Wildman–Crippen LogP) is 5.87. The van der Waals surface area contributed by atoms with E-state index in [-0.39, 0.29) is 5.82 Å². The summed E-state index contributed by atoms with van der Waals surface area (Å²) in [5, 5.41) is 1.24. The minimum absolute atomic E-state index is 0.149.